The summed E-state index contributed by atoms with van der Waals surface area (Å²) < 4.78 is 54.2. The van der Waals surface area contributed by atoms with E-state index in [1.807, 2.05) is 26.0 Å². The molecule has 2 unspecified atom stereocenters. The summed E-state index contributed by atoms with van der Waals surface area (Å²) in [5.74, 6) is 0.842. The van der Waals surface area contributed by atoms with Gasteiger partial charge < -0.3 is 9.47 Å². The van der Waals surface area contributed by atoms with Crippen LogP contribution < -0.4 is 14.4 Å². The lowest BCUT2D eigenvalue weighted by Crippen LogP contribution is -2.52. The summed E-state index contributed by atoms with van der Waals surface area (Å²) in [5, 5.41) is 4.40. The summed E-state index contributed by atoms with van der Waals surface area (Å²) >= 11 is 0. The lowest BCUT2D eigenvalue weighted by molar-refractivity contribution is -0.196. The molecule has 0 bridgehead atoms. The number of carbonyl (C=O) groups is 2. The van der Waals surface area contributed by atoms with Gasteiger partial charge in [-0.25, -0.2) is 9.31 Å². The molecule has 0 saturated carbocycles. The Balaban J connectivity index is 1.35. The van der Waals surface area contributed by atoms with Crippen LogP contribution in [0, 0.1) is 11.8 Å². The third-order valence-electron chi connectivity index (χ3n) is 8.32. The molecule has 2 saturated heterocycles. The number of benzene rings is 1. The Hall–Kier alpha value is -3.80. The minimum atomic E-state index is -4.27. The molecule has 9 nitrogen and oxygen atoms in total. The smallest absolute Gasteiger partial charge is 0.404 e. The van der Waals surface area contributed by atoms with Gasteiger partial charge in [0.1, 0.15) is 17.5 Å². The van der Waals surface area contributed by atoms with Gasteiger partial charge >= 0.3 is 12.2 Å². The molecule has 2 fully saturated rings. The first-order chi connectivity index (χ1) is 20.5. The second-order valence-corrected chi connectivity index (χ2v) is 11.8. The van der Waals surface area contributed by atoms with Crippen LogP contribution in [0.4, 0.5) is 23.7 Å². The van der Waals surface area contributed by atoms with Crippen LogP contribution in [0.2, 0.25) is 0 Å². The van der Waals surface area contributed by atoms with Crippen LogP contribution in [0.5, 0.6) is 11.5 Å². The number of hydrogen-bond acceptors (Lipinski definition) is 6. The number of piperidine rings is 1. The van der Waals surface area contributed by atoms with E-state index in [4.69, 9.17) is 9.47 Å². The number of pyridine rings is 1. The second kappa shape index (κ2) is 12.4. The lowest BCUT2D eigenvalue weighted by atomic mass is 9.85. The number of carbonyl (C=O) groups excluding carboxylic acids is 2. The fourth-order valence-corrected chi connectivity index (χ4v) is 6.20. The van der Waals surface area contributed by atoms with Gasteiger partial charge in [0.2, 0.25) is 5.91 Å². The first-order valence-corrected chi connectivity index (χ1v) is 14.6. The number of fused-ring (bicyclic) bond motifs is 1. The first kappa shape index (κ1) is 30.7. The maximum Gasteiger partial charge on any atom is 0.404 e. The van der Waals surface area contributed by atoms with Crippen molar-refractivity contribution in [2.24, 2.45) is 11.8 Å². The maximum atomic E-state index is 14.0. The van der Waals surface area contributed by atoms with Gasteiger partial charge in [0.05, 0.1) is 38.2 Å². The van der Waals surface area contributed by atoms with Crippen LogP contribution in [-0.2, 0) is 17.8 Å². The highest BCUT2D eigenvalue weighted by Crippen LogP contribution is 2.37. The number of urea groups is 1. The zero-order valence-corrected chi connectivity index (χ0v) is 24.9. The Morgan fingerprint density at radius 1 is 1.07 bits per heavy atom. The number of ether oxygens (including phenoxy) is 2. The number of alkyl halides is 3. The standard InChI is InChI=1S/C31H38F3N5O4/c1-20(2)18-36-10-7-22(15-28(36)31(32,33)34)13-21-8-12-39-25(14-21)26(17-35-39)37-11-9-29(40)38(30(37)41)19-23-5-6-24(42-3)16-27(23)43-4/h5-6,8,12,14,16-17,20,22,28H,7,9-11,13,15,18-19H2,1-4H3. The number of nitrogens with zero attached hydrogens (tertiary/aromatic N) is 5. The predicted molar refractivity (Wildman–Crippen MR) is 155 cm³/mol. The largest absolute Gasteiger partial charge is 0.497 e. The van der Waals surface area contributed by atoms with Gasteiger partial charge in [0.15, 0.2) is 0 Å². The van der Waals surface area contributed by atoms with Gasteiger partial charge in [-0.05, 0) is 67.5 Å². The second-order valence-electron chi connectivity index (χ2n) is 11.8. The van der Waals surface area contributed by atoms with E-state index in [2.05, 4.69) is 5.10 Å². The van der Waals surface area contributed by atoms with Crippen LogP contribution in [0.3, 0.4) is 0 Å². The molecule has 0 N–H and O–H groups in total. The number of hydrogen-bond donors (Lipinski definition) is 0. The van der Waals surface area contributed by atoms with Crippen molar-refractivity contribution in [1.82, 2.24) is 19.4 Å². The molecular formula is C31H38F3N5O4. The normalized spacial score (nSPS) is 20.4. The molecule has 0 spiro atoms. The molecule has 43 heavy (non-hydrogen) atoms. The molecule has 2 aliphatic heterocycles. The number of aromatic nitrogens is 2. The van der Waals surface area contributed by atoms with E-state index in [0.29, 0.717) is 54.2 Å². The quantitative estimate of drug-likeness (QED) is 0.320. The summed E-state index contributed by atoms with van der Waals surface area (Å²) in [5.41, 5.74) is 2.75. The molecule has 12 heteroatoms. The molecule has 232 valence electrons. The number of imide groups is 1. The monoisotopic (exact) mass is 601 g/mol. The average Bonchev–Trinajstić information content (AvgIpc) is 3.38. The van der Waals surface area contributed by atoms with Crippen LogP contribution in [0.15, 0.2) is 42.7 Å². The van der Waals surface area contributed by atoms with Crippen LogP contribution in [0.1, 0.15) is 44.2 Å². The van der Waals surface area contributed by atoms with Crippen molar-refractivity contribution in [2.75, 3.05) is 38.8 Å². The molecule has 4 heterocycles. The third-order valence-corrected chi connectivity index (χ3v) is 8.32. The van der Waals surface area contributed by atoms with E-state index in [0.717, 1.165) is 5.56 Å². The molecule has 1 aromatic carbocycles. The van der Waals surface area contributed by atoms with Gasteiger partial charge in [-0.1, -0.05) is 13.8 Å². The van der Waals surface area contributed by atoms with Gasteiger partial charge in [-0.3, -0.25) is 19.5 Å². The molecule has 5 rings (SSSR count). The number of likely N-dealkylation sites (tertiary alicyclic amines) is 1. The van der Waals surface area contributed by atoms with E-state index < -0.39 is 18.2 Å². The lowest BCUT2D eigenvalue weighted by Gasteiger charge is -2.41. The zero-order valence-electron chi connectivity index (χ0n) is 24.9. The van der Waals surface area contributed by atoms with Gasteiger partial charge in [0.25, 0.3) is 0 Å². The molecule has 0 aliphatic carbocycles. The van der Waals surface area contributed by atoms with Crippen molar-refractivity contribution >= 4 is 23.1 Å². The zero-order chi connectivity index (χ0) is 30.9. The Kier molecular flexibility index (Phi) is 8.86. The highest BCUT2D eigenvalue weighted by Gasteiger charge is 2.46. The summed E-state index contributed by atoms with van der Waals surface area (Å²) in [6.45, 7) is 4.95. The Labute approximate surface area is 249 Å². The highest BCUT2D eigenvalue weighted by molar-refractivity contribution is 6.07. The van der Waals surface area contributed by atoms with Gasteiger partial charge in [-0.2, -0.15) is 18.3 Å². The van der Waals surface area contributed by atoms with Crippen LogP contribution >= 0.6 is 0 Å². The Bertz CT molecular complexity index is 1470. The number of anilines is 1. The number of amides is 3. The predicted octanol–water partition coefficient (Wildman–Crippen LogP) is 5.55. The first-order valence-electron chi connectivity index (χ1n) is 14.6. The van der Waals surface area contributed by atoms with Crippen LogP contribution in [-0.4, -0.2) is 77.4 Å². The Morgan fingerprint density at radius 3 is 2.56 bits per heavy atom. The van der Waals surface area contributed by atoms with E-state index in [9.17, 15) is 22.8 Å². The van der Waals surface area contributed by atoms with Gasteiger partial charge in [0, 0.05) is 37.3 Å². The molecule has 3 amide bonds. The Morgan fingerprint density at radius 2 is 1.86 bits per heavy atom. The number of methoxy groups -OCH3 is 2. The fourth-order valence-electron chi connectivity index (χ4n) is 6.20. The van der Waals surface area contributed by atoms with Crippen molar-refractivity contribution < 1.29 is 32.2 Å². The summed E-state index contributed by atoms with van der Waals surface area (Å²) in [4.78, 5) is 30.8. The maximum absolute atomic E-state index is 14.0. The van der Waals surface area contributed by atoms with E-state index >= 15 is 0 Å². The minimum absolute atomic E-state index is 0.0294. The molecular weight excluding hydrogens is 563 g/mol. The van der Waals surface area contributed by atoms with Crippen molar-refractivity contribution in [3.8, 4) is 11.5 Å². The van der Waals surface area contributed by atoms with E-state index in [1.54, 1.807) is 47.1 Å². The van der Waals surface area contributed by atoms with Crippen molar-refractivity contribution in [3.63, 3.8) is 0 Å². The van der Waals surface area contributed by atoms with E-state index in [1.165, 1.54) is 16.9 Å². The average molecular weight is 602 g/mol. The fraction of sp³-hybridized carbons (Fsp3) is 0.516. The SMILES string of the molecule is COc1ccc(CN2C(=O)CCN(c3cnn4ccc(CC5CCN(CC(C)C)C(C(F)(F)F)C5)cc34)C2=O)c(OC)c1. The molecule has 2 atom stereocenters. The molecule has 3 aromatic rings. The van der Waals surface area contributed by atoms with E-state index in [-0.39, 0.29) is 43.7 Å². The van der Waals surface area contributed by atoms with Crippen molar-refractivity contribution in [3.05, 3.63) is 53.9 Å². The minimum Gasteiger partial charge on any atom is -0.497 e. The number of halogens is 3. The van der Waals surface area contributed by atoms with Gasteiger partial charge in [-0.15, -0.1) is 0 Å². The topological polar surface area (TPSA) is 79.6 Å². The highest BCUT2D eigenvalue weighted by atomic mass is 19.4. The summed E-state index contributed by atoms with van der Waals surface area (Å²) in [7, 11) is 3.06. The third kappa shape index (κ3) is 6.58. The molecule has 2 aliphatic rings. The summed E-state index contributed by atoms with van der Waals surface area (Å²) in [6.07, 6.45) is 0.459. The van der Waals surface area contributed by atoms with Crippen molar-refractivity contribution in [2.45, 2.75) is 58.3 Å². The summed E-state index contributed by atoms with van der Waals surface area (Å²) in [6, 6.07) is 7.05. The molecule has 2 aromatic heterocycles. The number of rotatable bonds is 9. The van der Waals surface area contributed by atoms with Crippen LogP contribution in [0.25, 0.3) is 5.52 Å². The molecule has 0 radical (unpaired) electrons. The van der Waals surface area contributed by atoms with Crippen molar-refractivity contribution in [1.29, 1.82) is 0 Å².